The number of hydrogen-bond acceptors (Lipinski definition) is 5. The summed E-state index contributed by atoms with van der Waals surface area (Å²) in [6, 6.07) is 2.10. The molecule has 1 aromatic rings. The first kappa shape index (κ1) is 16.4. The van der Waals surface area contributed by atoms with Gasteiger partial charge in [0.15, 0.2) is 5.16 Å². The first-order valence-corrected chi connectivity index (χ1v) is 9.18. The summed E-state index contributed by atoms with van der Waals surface area (Å²) in [6.45, 7) is 10.1. The smallest absolute Gasteiger partial charge is 0.191 e. The average Bonchev–Trinajstić information content (AvgIpc) is 2.65. The van der Waals surface area contributed by atoms with Crippen LogP contribution < -0.4 is 10.2 Å². The Balaban J connectivity index is 2.17. The second-order valence-corrected chi connectivity index (χ2v) is 7.30. The third-order valence-electron chi connectivity index (χ3n) is 4.09. The van der Waals surface area contributed by atoms with Crippen LogP contribution in [0.5, 0.6) is 0 Å². The van der Waals surface area contributed by atoms with Crippen LogP contribution in [-0.2, 0) is 0 Å². The average molecular weight is 308 g/mol. The molecule has 0 spiro atoms. The normalized spacial score (nSPS) is 18.4. The molecular weight excluding hydrogens is 280 g/mol. The molecule has 5 heteroatoms. The highest BCUT2D eigenvalue weighted by atomic mass is 32.2. The molecule has 0 atom stereocenters. The fourth-order valence-electron chi connectivity index (χ4n) is 2.66. The summed E-state index contributed by atoms with van der Waals surface area (Å²) in [5.41, 5.74) is 0.452. The van der Waals surface area contributed by atoms with Gasteiger partial charge in [-0.05, 0) is 37.4 Å². The standard InChI is InChI=1S/C16H28N4S/c1-5-9-17-13-12-14(19-15(18-13)21-4)20-10-6-7-16(2,3)8-11-20/h12H,5-11H2,1-4H3,(H,17,18,19). The van der Waals surface area contributed by atoms with Crippen molar-refractivity contribution in [2.75, 3.05) is 36.1 Å². The van der Waals surface area contributed by atoms with E-state index in [-0.39, 0.29) is 0 Å². The van der Waals surface area contributed by atoms with Crippen molar-refractivity contribution in [1.29, 1.82) is 0 Å². The number of nitrogens with one attached hydrogen (secondary N) is 1. The molecule has 0 saturated carbocycles. The van der Waals surface area contributed by atoms with Gasteiger partial charge in [0.2, 0.25) is 0 Å². The van der Waals surface area contributed by atoms with Crippen LogP contribution in [0, 0.1) is 5.41 Å². The third kappa shape index (κ3) is 4.77. The molecule has 1 fully saturated rings. The largest absolute Gasteiger partial charge is 0.370 e. The Morgan fingerprint density at radius 1 is 1.29 bits per heavy atom. The quantitative estimate of drug-likeness (QED) is 0.657. The Kier molecular flexibility index (Phi) is 5.73. The molecule has 1 aromatic heterocycles. The van der Waals surface area contributed by atoms with E-state index in [0.29, 0.717) is 5.41 Å². The molecule has 1 N–H and O–H groups in total. The van der Waals surface area contributed by atoms with Crippen LogP contribution in [0.1, 0.15) is 46.5 Å². The highest BCUT2D eigenvalue weighted by Crippen LogP contribution is 2.32. The van der Waals surface area contributed by atoms with E-state index in [1.165, 1.54) is 19.3 Å². The van der Waals surface area contributed by atoms with Crippen LogP contribution in [0.2, 0.25) is 0 Å². The molecule has 1 saturated heterocycles. The molecule has 118 valence electrons. The summed E-state index contributed by atoms with van der Waals surface area (Å²) in [7, 11) is 0. The van der Waals surface area contributed by atoms with E-state index >= 15 is 0 Å². The highest BCUT2D eigenvalue weighted by Gasteiger charge is 2.24. The first-order valence-electron chi connectivity index (χ1n) is 7.96. The molecule has 0 radical (unpaired) electrons. The zero-order valence-electron chi connectivity index (χ0n) is 13.8. The summed E-state index contributed by atoms with van der Waals surface area (Å²) < 4.78 is 0. The number of aromatic nitrogens is 2. The van der Waals surface area contributed by atoms with E-state index in [2.05, 4.69) is 42.0 Å². The van der Waals surface area contributed by atoms with Crippen molar-refractivity contribution in [3.05, 3.63) is 6.07 Å². The van der Waals surface area contributed by atoms with Gasteiger partial charge in [0.05, 0.1) is 0 Å². The number of nitrogens with zero attached hydrogens (tertiary/aromatic N) is 3. The van der Waals surface area contributed by atoms with E-state index < -0.39 is 0 Å². The molecule has 0 aromatic carbocycles. The molecule has 1 aliphatic rings. The van der Waals surface area contributed by atoms with Crippen molar-refractivity contribution in [3.63, 3.8) is 0 Å². The zero-order chi connectivity index (χ0) is 15.3. The topological polar surface area (TPSA) is 41.0 Å². The molecule has 0 amide bonds. The Labute approximate surface area is 133 Å². The van der Waals surface area contributed by atoms with Gasteiger partial charge in [-0.15, -0.1) is 0 Å². The predicted molar refractivity (Wildman–Crippen MR) is 92.4 cm³/mol. The van der Waals surface area contributed by atoms with Crippen molar-refractivity contribution in [2.45, 2.75) is 51.6 Å². The summed E-state index contributed by atoms with van der Waals surface area (Å²) >= 11 is 1.61. The maximum atomic E-state index is 4.71. The monoisotopic (exact) mass is 308 g/mol. The van der Waals surface area contributed by atoms with Gasteiger partial charge in [-0.2, -0.15) is 0 Å². The van der Waals surface area contributed by atoms with E-state index in [1.807, 2.05) is 6.26 Å². The highest BCUT2D eigenvalue weighted by molar-refractivity contribution is 7.98. The maximum absolute atomic E-state index is 4.71. The predicted octanol–water partition coefficient (Wildman–Crippen LogP) is 4.04. The van der Waals surface area contributed by atoms with Gasteiger partial charge in [0.25, 0.3) is 0 Å². The number of thioether (sulfide) groups is 1. The lowest BCUT2D eigenvalue weighted by atomic mass is 9.85. The molecule has 4 nitrogen and oxygen atoms in total. The molecular formula is C16H28N4S. The van der Waals surface area contributed by atoms with E-state index in [1.54, 1.807) is 11.8 Å². The minimum Gasteiger partial charge on any atom is -0.370 e. The number of anilines is 2. The van der Waals surface area contributed by atoms with Gasteiger partial charge in [-0.3, -0.25) is 0 Å². The Bertz CT molecular complexity index is 462. The molecule has 1 aliphatic heterocycles. The summed E-state index contributed by atoms with van der Waals surface area (Å²) in [5, 5.41) is 4.25. The zero-order valence-corrected chi connectivity index (χ0v) is 14.6. The van der Waals surface area contributed by atoms with Crippen LogP contribution >= 0.6 is 11.8 Å². The van der Waals surface area contributed by atoms with Crippen molar-refractivity contribution in [2.24, 2.45) is 5.41 Å². The van der Waals surface area contributed by atoms with Gasteiger partial charge in [0, 0.05) is 25.7 Å². The van der Waals surface area contributed by atoms with Crippen molar-refractivity contribution in [3.8, 4) is 0 Å². The van der Waals surface area contributed by atoms with Crippen LogP contribution in [0.3, 0.4) is 0 Å². The Hall–Kier alpha value is -0.970. The SMILES string of the molecule is CCCNc1cc(N2CCCC(C)(C)CC2)nc(SC)n1. The summed E-state index contributed by atoms with van der Waals surface area (Å²) in [5.74, 6) is 2.03. The number of hydrogen-bond donors (Lipinski definition) is 1. The van der Waals surface area contributed by atoms with E-state index in [4.69, 9.17) is 4.98 Å². The fourth-order valence-corrected chi connectivity index (χ4v) is 3.04. The Morgan fingerprint density at radius 2 is 2.10 bits per heavy atom. The summed E-state index contributed by atoms with van der Waals surface area (Å²) in [6.07, 6.45) is 6.90. The van der Waals surface area contributed by atoms with Gasteiger partial charge in [-0.1, -0.05) is 32.5 Å². The second-order valence-electron chi connectivity index (χ2n) is 6.53. The van der Waals surface area contributed by atoms with Gasteiger partial charge in [-0.25, -0.2) is 9.97 Å². The van der Waals surface area contributed by atoms with Crippen LogP contribution in [0.15, 0.2) is 11.2 Å². The molecule has 0 bridgehead atoms. The maximum Gasteiger partial charge on any atom is 0.191 e. The van der Waals surface area contributed by atoms with Gasteiger partial charge >= 0.3 is 0 Å². The molecule has 21 heavy (non-hydrogen) atoms. The molecule has 0 unspecified atom stereocenters. The lowest BCUT2D eigenvalue weighted by Crippen LogP contribution is -2.26. The fraction of sp³-hybridized carbons (Fsp3) is 0.750. The lowest BCUT2D eigenvalue weighted by Gasteiger charge is -2.24. The minimum atomic E-state index is 0.452. The number of rotatable bonds is 5. The second kappa shape index (κ2) is 7.34. The van der Waals surface area contributed by atoms with Crippen LogP contribution in [-0.4, -0.2) is 35.9 Å². The van der Waals surface area contributed by atoms with Crippen molar-refractivity contribution in [1.82, 2.24) is 9.97 Å². The van der Waals surface area contributed by atoms with Gasteiger partial charge in [0.1, 0.15) is 11.6 Å². The van der Waals surface area contributed by atoms with E-state index in [9.17, 15) is 0 Å². The van der Waals surface area contributed by atoms with Gasteiger partial charge < -0.3 is 10.2 Å². The van der Waals surface area contributed by atoms with Crippen molar-refractivity contribution >= 4 is 23.4 Å². The van der Waals surface area contributed by atoms with Crippen LogP contribution in [0.4, 0.5) is 11.6 Å². The Morgan fingerprint density at radius 3 is 2.81 bits per heavy atom. The summed E-state index contributed by atoms with van der Waals surface area (Å²) in [4.78, 5) is 11.7. The van der Waals surface area contributed by atoms with Crippen LogP contribution in [0.25, 0.3) is 0 Å². The molecule has 0 aliphatic carbocycles. The molecule has 2 rings (SSSR count). The first-order chi connectivity index (χ1) is 10.0. The van der Waals surface area contributed by atoms with Crippen molar-refractivity contribution < 1.29 is 0 Å². The lowest BCUT2D eigenvalue weighted by molar-refractivity contribution is 0.325. The van der Waals surface area contributed by atoms with E-state index in [0.717, 1.165) is 42.8 Å². The third-order valence-corrected chi connectivity index (χ3v) is 4.64. The minimum absolute atomic E-state index is 0.452. The molecule has 2 heterocycles.